The van der Waals surface area contributed by atoms with Crippen LogP contribution < -0.4 is 15.4 Å². The Bertz CT molecular complexity index is 775. The Hall–Kier alpha value is -2.60. The van der Waals surface area contributed by atoms with Crippen LogP contribution in [0.2, 0.25) is 0 Å². The molecule has 0 aliphatic rings. The number of esters is 1. The number of rotatable bonds is 8. The van der Waals surface area contributed by atoms with Crippen LogP contribution in [-0.4, -0.2) is 31.3 Å². The molecule has 144 valence electrons. The average molecular weight is 387 g/mol. The largest absolute Gasteiger partial charge is 0.497 e. The number of carbonyl (C=O) groups excluding carboxylic acids is 1. The lowest BCUT2D eigenvalue weighted by Crippen LogP contribution is -2.30. The number of thiocarbonyl (C=S) groups is 1. The van der Waals surface area contributed by atoms with Crippen LogP contribution in [0.4, 0.5) is 5.69 Å². The van der Waals surface area contributed by atoms with Gasteiger partial charge in [0.1, 0.15) is 5.75 Å². The number of nitrogens with one attached hydrogen (secondary N) is 2. The first-order valence-corrected chi connectivity index (χ1v) is 9.40. The van der Waals surface area contributed by atoms with Crippen LogP contribution in [0, 0.1) is 6.92 Å². The minimum absolute atomic E-state index is 0.322. The molecule has 0 unspecified atom stereocenters. The molecule has 0 spiro atoms. The highest BCUT2D eigenvalue weighted by Crippen LogP contribution is 2.20. The predicted octanol–water partition coefficient (Wildman–Crippen LogP) is 4.10. The lowest BCUT2D eigenvalue weighted by Gasteiger charge is -2.14. The fourth-order valence-electron chi connectivity index (χ4n) is 2.65. The number of carbonyl (C=O) groups is 1. The van der Waals surface area contributed by atoms with Gasteiger partial charge in [0.25, 0.3) is 0 Å². The standard InChI is InChI=1S/C21H26N2O3S/c1-4-26-20(24)18-8-5-9-19(15(18)2)23-21(27)22-14-6-7-16-10-12-17(25-3)13-11-16/h5,8-13H,4,6-7,14H2,1-3H3,(H2,22,23,27). The van der Waals surface area contributed by atoms with Gasteiger partial charge in [0, 0.05) is 12.2 Å². The van der Waals surface area contributed by atoms with Crippen LogP contribution in [0.15, 0.2) is 42.5 Å². The van der Waals surface area contributed by atoms with Crippen LogP contribution >= 0.6 is 12.2 Å². The number of ether oxygens (including phenoxy) is 2. The lowest BCUT2D eigenvalue weighted by molar-refractivity contribution is 0.0525. The highest BCUT2D eigenvalue weighted by atomic mass is 32.1. The van der Waals surface area contributed by atoms with E-state index in [1.807, 2.05) is 31.2 Å². The molecule has 0 heterocycles. The van der Waals surface area contributed by atoms with Crippen LogP contribution in [0.1, 0.15) is 34.8 Å². The molecule has 2 aromatic rings. The van der Waals surface area contributed by atoms with Crippen LogP contribution in [0.3, 0.4) is 0 Å². The Kier molecular flexibility index (Phi) is 8.07. The second-order valence-corrected chi connectivity index (χ2v) is 6.44. The summed E-state index contributed by atoms with van der Waals surface area (Å²) >= 11 is 5.36. The summed E-state index contributed by atoms with van der Waals surface area (Å²) in [5.74, 6) is 0.541. The molecule has 0 aliphatic heterocycles. The molecule has 0 saturated heterocycles. The SMILES string of the molecule is CCOC(=O)c1cccc(NC(=S)NCCCc2ccc(OC)cc2)c1C. The molecule has 2 rings (SSSR count). The number of anilines is 1. The summed E-state index contributed by atoms with van der Waals surface area (Å²) in [5.41, 5.74) is 3.42. The van der Waals surface area contributed by atoms with E-state index in [2.05, 4.69) is 22.8 Å². The first-order valence-electron chi connectivity index (χ1n) is 8.99. The van der Waals surface area contributed by atoms with Gasteiger partial charge < -0.3 is 20.1 Å². The fraction of sp³-hybridized carbons (Fsp3) is 0.333. The van der Waals surface area contributed by atoms with E-state index in [1.54, 1.807) is 20.1 Å². The Morgan fingerprint density at radius 2 is 1.89 bits per heavy atom. The maximum Gasteiger partial charge on any atom is 0.338 e. The van der Waals surface area contributed by atoms with Gasteiger partial charge in [-0.25, -0.2) is 4.79 Å². The van der Waals surface area contributed by atoms with Crippen molar-refractivity contribution in [2.45, 2.75) is 26.7 Å². The molecular weight excluding hydrogens is 360 g/mol. The van der Waals surface area contributed by atoms with Gasteiger partial charge >= 0.3 is 5.97 Å². The van der Waals surface area contributed by atoms with E-state index in [4.69, 9.17) is 21.7 Å². The van der Waals surface area contributed by atoms with E-state index < -0.39 is 0 Å². The number of aryl methyl sites for hydroxylation is 1. The zero-order chi connectivity index (χ0) is 19.6. The zero-order valence-corrected chi connectivity index (χ0v) is 16.8. The molecule has 0 radical (unpaired) electrons. The minimum Gasteiger partial charge on any atom is -0.497 e. The van der Waals surface area contributed by atoms with Crippen LogP contribution in [-0.2, 0) is 11.2 Å². The Balaban J connectivity index is 1.81. The Morgan fingerprint density at radius 3 is 2.56 bits per heavy atom. The fourth-order valence-corrected chi connectivity index (χ4v) is 2.87. The van der Waals surface area contributed by atoms with Crippen molar-refractivity contribution in [3.8, 4) is 5.75 Å². The van der Waals surface area contributed by atoms with Gasteiger partial charge in [-0.2, -0.15) is 0 Å². The van der Waals surface area contributed by atoms with Gasteiger partial charge in [-0.1, -0.05) is 18.2 Å². The van der Waals surface area contributed by atoms with Crippen molar-refractivity contribution >= 4 is 29.0 Å². The number of hydrogen-bond donors (Lipinski definition) is 2. The number of methoxy groups -OCH3 is 1. The molecule has 0 bridgehead atoms. The van der Waals surface area contributed by atoms with Gasteiger partial charge in [0.05, 0.1) is 19.3 Å². The monoisotopic (exact) mass is 386 g/mol. The summed E-state index contributed by atoms with van der Waals surface area (Å²) in [5, 5.41) is 6.90. The Labute approximate surface area is 166 Å². The summed E-state index contributed by atoms with van der Waals surface area (Å²) in [6, 6.07) is 13.5. The van der Waals surface area contributed by atoms with Gasteiger partial charge in [-0.15, -0.1) is 0 Å². The molecule has 6 heteroatoms. The van der Waals surface area contributed by atoms with E-state index in [1.165, 1.54) is 5.56 Å². The van der Waals surface area contributed by atoms with Gasteiger partial charge in [-0.05, 0) is 74.3 Å². The molecule has 2 N–H and O–H groups in total. The van der Waals surface area contributed by atoms with E-state index in [0.717, 1.165) is 36.4 Å². The van der Waals surface area contributed by atoms with Crippen molar-refractivity contribution in [2.75, 3.05) is 25.6 Å². The van der Waals surface area contributed by atoms with Crippen LogP contribution in [0.5, 0.6) is 5.75 Å². The van der Waals surface area contributed by atoms with E-state index in [-0.39, 0.29) is 5.97 Å². The maximum atomic E-state index is 12.0. The zero-order valence-electron chi connectivity index (χ0n) is 16.0. The van der Waals surface area contributed by atoms with Gasteiger partial charge in [0.2, 0.25) is 0 Å². The molecule has 0 aliphatic carbocycles. The summed E-state index contributed by atoms with van der Waals surface area (Å²) < 4.78 is 10.2. The van der Waals surface area contributed by atoms with E-state index in [0.29, 0.717) is 17.3 Å². The van der Waals surface area contributed by atoms with E-state index in [9.17, 15) is 4.79 Å². The smallest absolute Gasteiger partial charge is 0.338 e. The van der Waals surface area contributed by atoms with E-state index >= 15 is 0 Å². The van der Waals surface area contributed by atoms with Gasteiger partial charge in [0.15, 0.2) is 5.11 Å². The highest BCUT2D eigenvalue weighted by molar-refractivity contribution is 7.80. The lowest BCUT2D eigenvalue weighted by atomic mass is 10.1. The average Bonchev–Trinajstić information content (AvgIpc) is 2.67. The summed E-state index contributed by atoms with van der Waals surface area (Å²) in [4.78, 5) is 12.0. The third kappa shape index (κ3) is 6.25. The molecule has 0 fully saturated rings. The van der Waals surface area contributed by atoms with Crippen molar-refractivity contribution in [1.29, 1.82) is 0 Å². The van der Waals surface area contributed by atoms with Gasteiger partial charge in [-0.3, -0.25) is 0 Å². The molecule has 0 aromatic heterocycles. The number of benzene rings is 2. The first-order chi connectivity index (χ1) is 13.0. The second kappa shape index (κ2) is 10.5. The van der Waals surface area contributed by atoms with Crippen molar-refractivity contribution < 1.29 is 14.3 Å². The van der Waals surface area contributed by atoms with Crippen LogP contribution in [0.25, 0.3) is 0 Å². The first kappa shape index (κ1) is 20.7. The van der Waals surface area contributed by atoms with Crippen molar-refractivity contribution in [1.82, 2.24) is 5.32 Å². The molecule has 27 heavy (non-hydrogen) atoms. The second-order valence-electron chi connectivity index (χ2n) is 6.03. The summed E-state index contributed by atoms with van der Waals surface area (Å²) in [6.07, 6.45) is 1.91. The topological polar surface area (TPSA) is 59.6 Å². The molecular formula is C21H26N2O3S. The maximum absolute atomic E-state index is 12.0. The summed E-state index contributed by atoms with van der Waals surface area (Å²) in [6.45, 7) is 4.78. The molecule has 0 atom stereocenters. The molecule has 2 aromatic carbocycles. The third-order valence-corrected chi connectivity index (χ3v) is 4.41. The van der Waals surface area contributed by atoms with Crippen molar-refractivity contribution in [2.24, 2.45) is 0 Å². The quantitative estimate of drug-likeness (QED) is 0.405. The summed E-state index contributed by atoms with van der Waals surface area (Å²) in [7, 11) is 1.66. The molecule has 0 saturated carbocycles. The highest BCUT2D eigenvalue weighted by Gasteiger charge is 2.13. The van der Waals surface area contributed by atoms with Crippen molar-refractivity contribution in [3.63, 3.8) is 0 Å². The normalized spacial score (nSPS) is 10.2. The predicted molar refractivity (Wildman–Crippen MR) is 113 cm³/mol. The van der Waals surface area contributed by atoms with Crippen molar-refractivity contribution in [3.05, 3.63) is 59.2 Å². The molecule has 5 nitrogen and oxygen atoms in total. The number of hydrogen-bond acceptors (Lipinski definition) is 4. The Morgan fingerprint density at radius 1 is 1.15 bits per heavy atom. The minimum atomic E-state index is -0.322. The molecule has 0 amide bonds. The third-order valence-electron chi connectivity index (χ3n) is 4.16.